The van der Waals surface area contributed by atoms with E-state index in [1.54, 1.807) is 31.2 Å². The highest BCUT2D eigenvalue weighted by Crippen LogP contribution is 2.41. The van der Waals surface area contributed by atoms with Gasteiger partial charge in [0.2, 0.25) is 0 Å². The van der Waals surface area contributed by atoms with E-state index in [0.29, 0.717) is 70.1 Å². The number of rotatable bonds is 19. The number of ether oxygens (including phenoxy) is 4. The molecule has 7 aromatic rings. The summed E-state index contributed by atoms with van der Waals surface area (Å²) in [5.41, 5.74) is 0.719. The Bertz CT molecular complexity index is 2800. The number of hydrogen-bond donors (Lipinski definition) is 3. The lowest BCUT2D eigenvalue weighted by Gasteiger charge is -2.14. The third-order valence-electron chi connectivity index (χ3n) is 9.48. The first-order chi connectivity index (χ1) is 31.1. The Morgan fingerprint density at radius 1 is 0.523 bits per heavy atom. The first kappa shape index (κ1) is 49.4. The minimum atomic E-state index is -1.02. The topological polar surface area (TPSA) is 200 Å². The fourth-order valence-corrected chi connectivity index (χ4v) is 9.51. The molecular formula is C49H48O13S3. The maximum atomic E-state index is 11.9. The van der Waals surface area contributed by atoms with E-state index in [1.807, 2.05) is 79.7 Å². The van der Waals surface area contributed by atoms with Crippen LogP contribution in [0.3, 0.4) is 0 Å². The highest BCUT2D eigenvalue weighted by molar-refractivity contribution is 7.22. The van der Waals surface area contributed by atoms with Crippen molar-refractivity contribution in [2.75, 3.05) is 13.2 Å². The molecule has 65 heavy (non-hydrogen) atoms. The van der Waals surface area contributed by atoms with Crippen LogP contribution < -0.4 is 18.9 Å². The second kappa shape index (κ2) is 23.4. The van der Waals surface area contributed by atoms with Gasteiger partial charge in [-0.05, 0) is 66.9 Å². The van der Waals surface area contributed by atoms with Crippen molar-refractivity contribution in [3.63, 3.8) is 0 Å². The van der Waals surface area contributed by atoms with Crippen molar-refractivity contribution < 1.29 is 63.0 Å². The van der Waals surface area contributed by atoms with Gasteiger partial charge in [-0.2, -0.15) is 0 Å². The van der Waals surface area contributed by atoms with E-state index in [2.05, 4.69) is 0 Å². The van der Waals surface area contributed by atoms with Crippen molar-refractivity contribution in [1.29, 1.82) is 0 Å². The Kier molecular flexibility index (Phi) is 17.7. The van der Waals surface area contributed by atoms with E-state index in [1.165, 1.54) is 54.8 Å². The molecule has 13 nitrogen and oxygen atoms in total. The van der Waals surface area contributed by atoms with Gasteiger partial charge in [-0.3, -0.25) is 19.2 Å². The molecule has 0 radical (unpaired) electrons. The highest BCUT2D eigenvalue weighted by Gasteiger charge is 2.25. The molecule has 0 aliphatic heterocycles. The number of benzene rings is 4. The molecule has 7 rings (SSSR count). The first-order valence-electron chi connectivity index (χ1n) is 20.6. The molecule has 0 saturated carbocycles. The smallest absolute Gasteiger partial charge is 0.344 e. The van der Waals surface area contributed by atoms with Gasteiger partial charge in [0.05, 0.1) is 6.42 Å². The molecule has 3 heterocycles. The molecule has 0 amide bonds. The summed E-state index contributed by atoms with van der Waals surface area (Å²) in [6, 6.07) is 29.6. The zero-order valence-electron chi connectivity index (χ0n) is 36.3. The van der Waals surface area contributed by atoms with Crippen LogP contribution in [0.4, 0.5) is 0 Å². The largest absolute Gasteiger partial charge is 0.490 e. The Morgan fingerprint density at radius 2 is 0.923 bits per heavy atom. The predicted molar refractivity (Wildman–Crippen MR) is 254 cm³/mol. The van der Waals surface area contributed by atoms with Gasteiger partial charge < -0.3 is 34.3 Å². The van der Waals surface area contributed by atoms with E-state index < -0.39 is 30.1 Å². The summed E-state index contributed by atoms with van der Waals surface area (Å²) in [6.45, 7) is 8.72. The fourth-order valence-electron chi connectivity index (χ4n) is 6.41. The summed E-state index contributed by atoms with van der Waals surface area (Å²) in [7, 11) is 0. The van der Waals surface area contributed by atoms with Gasteiger partial charge in [0.25, 0.3) is 0 Å². The normalized spacial score (nSPS) is 11.6. The molecule has 3 aromatic heterocycles. The van der Waals surface area contributed by atoms with Crippen LogP contribution in [0, 0.1) is 0 Å². The van der Waals surface area contributed by atoms with E-state index in [0.717, 1.165) is 35.8 Å². The maximum Gasteiger partial charge on any atom is 0.344 e. The van der Waals surface area contributed by atoms with Gasteiger partial charge in [-0.15, -0.1) is 34.0 Å². The van der Waals surface area contributed by atoms with Crippen LogP contribution in [0.15, 0.2) is 97.1 Å². The number of carbonyl (C=O) groups is 6. The maximum absolute atomic E-state index is 11.9. The van der Waals surface area contributed by atoms with Crippen LogP contribution in [-0.2, 0) is 20.8 Å². The Morgan fingerprint density at radius 3 is 1.32 bits per heavy atom. The zero-order chi connectivity index (χ0) is 47.2. The summed E-state index contributed by atoms with van der Waals surface area (Å²) >= 11 is 4.09. The van der Waals surface area contributed by atoms with Crippen LogP contribution in [-0.4, -0.2) is 76.0 Å². The minimum Gasteiger partial charge on any atom is -0.490 e. The molecule has 3 N–H and O–H groups in total. The van der Waals surface area contributed by atoms with E-state index in [-0.39, 0.29) is 23.8 Å². The van der Waals surface area contributed by atoms with Gasteiger partial charge in [0, 0.05) is 51.0 Å². The second-order valence-electron chi connectivity index (χ2n) is 14.4. The van der Waals surface area contributed by atoms with Crippen LogP contribution in [0.1, 0.15) is 88.5 Å². The molecule has 16 heteroatoms. The number of carbonyl (C=O) groups excluding carboxylic acids is 3. The number of aliphatic carboxylic acids is 3. The lowest BCUT2D eigenvalue weighted by molar-refractivity contribution is -0.146. The van der Waals surface area contributed by atoms with Crippen LogP contribution in [0.2, 0.25) is 0 Å². The summed E-state index contributed by atoms with van der Waals surface area (Å²) in [5.74, 6) is -1.08. The zero-order valence-corrected chi connectivity index (χ0v) is 38.7. The Hall–Kier alpha value is -6.62. The Labute approximate surface area is 386 Å². The second-order valence-corrected chi connectivity index (χ2v) is 17.6. The molecule has 2 atom stereocenters. The molecule has 0 spiro atoms. The quantitative estimate of drug-likeness (QED) is 0.0511. The van der Waals surface area contributed by atoms with Crippen LogP contribution in [0.5, 0.6) is 23.0 Å². The van der Waals surface area contributed by atoms with Crippen LogP contribution in [0.25, 0.3) is 30.3 Å². The van der Waals surface area contributed by atoms with Crippen molar-refractivity contribution in [3.8, 4) is 23.0 Å². The molecule has 2 unspecified atom stereocenters. The average molecular weight is 941 g/mol. The molecule has 0 aliphatic carbocycles. The van der Waals surface area contributed by atoms with Gasteiger partial charge >= 0.3 is 17.9 Å². The number of thiophene rings is 3. The van der Waals surface area contributed by atoms with E-state index in [9.17, 15) is 33.9 Å². The summed E-state index contributed by atoms with van der Waals surface area (Å²) in [6.07, 6.45) is -0.405. The number of ketones is 3. The third-order valence-corrected chi connectivity index (χ3v) is 13.2. The number of carboxylic acid groups (broad SMARTS) is 3. The van der Waals surface area contributed by atoms with Gasteiger partial charge in [0.1, 0.15) is 50.8 Å². The highest BCUT2D eigenvalue weighted by atomic mass is 32.1. The number of Topliss-reactive ketones (excluding diaryl/α,β-unsaturated/α-hetero) is 3. The molecule has 4 aromatic carbocycles. The molecule has 340 valence electrons. The lowest BCUT2D eigenvalue weighted by atomic mass is 10.1. The molecule has 0 fully saturated rings. The van der Waals surface area contributed by atoms with Crippen molar-refractivity contribution >= 4 is 99.5 Å². The average Bonchev–Trinajstić information content (AvgIpc) is 3.97. The van der Waals surface area contributed by atoms with E-state index in [4.69, 9.17) is 29.2 Å². The number of hydrogen-bond acceptors (Lipinski definition) is 13. The minimum absolute atomic E-state index is 0.0115. The first-order valence-corrected chi connectivity index (χ1v) is 23.0. The van der Waals surface area contributed by atoms with Gasteiger partial charge in [0.15, 0.2) is 29.6 Å². The van der Waals surface area contributed by atoms with Gasteiger partial charge in [-0.1, -0.05) is 68.8 Å². The van der Waals surface area contributed by atoms with Crippen molar-refractivity contribution in [1.82, 2.24) is 0 Å². The molecule has 0 bridgehead atoms. The standard InChI is InChI=1S/C20H18O5S.C15H16O4S.C14H14O4S/c1-13(21)20-19(16-4-2-3-5-17(16)26-20)25-11-10-24-15-8-6-14(7-9-15)12-18(22)23;1-3-6-11(15(17)18)19-13-10-7-4-5-8-12(10)20-14(13)9(2)16;1-3-10(14(16)17)18-12-9-6-4-5-7-11(9)19-13(12)8(2)15/h2-9H,10-12H2,1H3,(H,22,23);4-5,7-8,11H,3,6H2,1-2H3,(H,17,18);4-7,10H,3H2,1-2H3,(H,16,17). The van der Waals surface area contributed by atoms with Gasteiger partial charge in [-0.25, -0.2) is 9.59 Å². The SMILES string of the molecule is CC(=O)c1sc2ccccc2c1OCCOc1ccc(CC(=O)O)cc1.CCC(Oc1c(C(C)=O)sc2ccccc12)C(=O)O.CCCC(Oc1c(C(C)=O)sc2ccccc12)C(=O)O. The molecule has 0 saturated heterocycles. The van der Waals surface area contributed by atoms with Crippen LogP contribution >= 0.6 is 34.0 Å². The third kappa shape index (κ3) is 13.0. The molecular weight excluding hydrogens is 893 g/mol. The summed E-state index contributed by atoms with van der Waals surface area (Å²) in [4.78, 5) is 69.8. The number of fused-ring (bicyclic) bond motifs is 3. The molecule has 0 aliphatic rings. The summed E-state index contributed by atoms with van der Waals surface area (Å²) in [5, 5.41) is 29.5. The lowest BCUT2D eigenvalue weighted by Crippen LogP contribution is -2.27. The predicted octanol–water partition coefficient (Wildman–Crippen LogP) is 11.3. The van der Waals surface area contributed by atoms with Crippen molar-refractivity contribution in [2.45, 2.75) is 72.5 Å². The Balaban J connectivity index is 0.000000186. The number of carboxylic acids is 3. The summed E-state index contributed by atoms with van der Waals surface area (Å²) < 4.78 is 25.5. The van der Waals surface area contributed by atoms with Crippen molar-refractivity contribution in [2.24, 2.45) is 0 Å². The monoisotopic (exact) mass is 940 g/mol. The van der Waals surface area contributed by atoms with Crippen molar-refractivity contribution in [3.05, 3.63) is 117 Å². The fraction of sp³-hybridized carbons (Fsp3) is 0.265. The van der Waals surface area contributed by atoms with E-state index >= 15 is 0 Å².